The SMILES string of the molecule is CC/C=C\C/C=C\C/C=C\C/C=C\C/C=C\C/C=C\CCCCC(=O)OC(/C=C/CCCCCCCCCCCCC)C(COP(=O)([O-])OCC[N+](C)(C)C)NC(=O)CCCCC/C=C/C/C=C/C/C=C/C/C=C/CC. The summed E-state index contributed by atoms with van der Waals surface area (Å²) < 4.78 is 30.2. The molecule has 1 N–H and O–H groups in total. The molecule has 1 amide bonds. The molecule has 9 nitrogen and oxygen atoms in total. The number of carbonyl (C=O) groups excluding carboxylic acids is 2. The molecule has 0 rings (SSSR count). The third-order valence-corrected chi connectivity index (χ3v) is 13.3. The largest absolute Gasteiger partial charge is 0.756 e. The lowest BCUT2D eigenvalue weighted by atomic mass is 10.0. The topological polar surface area (TPSA) is 114 Å². The molecule has 0 saturated heterocycles. The Morgan fingerprint density at radius 1 is 0.474 bits per heavy atom. The molecule has 432 valence electrons. The Kier molecular flexibility index (Phi) is 51.7. The maximum Gasteiger partial charge on any atom is 0.306 e. The zero-order valence-corrected chi connectivity index (χ0v) is 50.0. The summed E-state index contributed by atoms with van der Waals surface area (Å²) in [7, 11) is 1.12. The molecule has 0 aliphatic carbocycles. The van der Waals surface area contributed by atoms with E-state index in [9.17, 15) is 19.0 Å². The predicted octanol–water partition coefficient (Wildman–Crippen LogP) is 17.9. The van der Waals surface area contributed by atoms with Crippen molar-refractivity contribution in [2.45, 2.75) is 232 Å². The Labute approximate surface area is 466 Å². The van der Waals surface area contributed by atoms with E-state index in [1.165, 1.54) is 57.8 Å². The van der Waals surface area contributed by atoms with Crippen LogP contribution in [0.2, 0.25) is 0 Å². The number of likely N-dealkylation sites (N-methyl/N-ethyl adjacent to an activating group) is 1. The normalized spacial score (nSPS) is 14.7. The van der Waals surface area contributed by atoms with Gasteiger partial charge in [-0.15, -0.1) is 0 Å². The zero-order valence-electron chi connectivity index (χ0n) is 49.2. The Hall–Kier alpha value is -3.85. The van der Waals surface area contributed by atoms with Crippen LogP contribution >= 0.6 is 7.82 Å². The van der Waals surface area contributed by atoms with Crippen molar-refractivity contribution in [3.63, 3.8) is 0 Å². The highest BCUT2D eigenvalue weighted by atomic mass is 31.2. The number of allylic oxidation sites excluding steroid dienone is 21. The van der Waals surface area contributed by atoms with Crippen molar-refractivity contribution in [3.8, 4) is 0 Å². The van der Waals surface area contributed by atoms with Gasteiger partial charge < -0.3 is 28.5 Å². The van der Waals surface area contributed by atoms with Crippen LogP contribution < -0.4 is 10.2 Å². The minimum absolute atomic E-state index is 0.0436. The van der Waals surface area contributed by atoms with Crippen molar-refractivity contribution < 1.29 is 37.3 Å². The lowest BCUT2D eigenvalue weighted by Crippen LogP contribution is -2.47. The van der Waals surface area contributed by atoms with Crippen LogP contribution in [-0.4, -0.2) is 69.4 Å². The molecule has 10 heteroatoms. The van der Waals surface area contributed by atoms with Crippen LogP contribution in [0.4, 0.5) is 0 Å². The van der Waals surface area contributed by atoms with Gasteiger partial charge in [-0.1, -0.05) is 219 Å². The van der Waals surface area contributed by atoms with Gasteiger partial charge >= 0.3 is 5.97 Å². The summed E-state index contributed by atoms with van der Waals surface area (Å²) >= 11 is 0. The molecule has 0 radical (unpaired) electrons. The van der Waals surface area contributed by atoms with E-state index in [0.717, 1.165) is 116 Å². The molecule has 0 aromatic carbocycles. The van der Waals surface area contributed by atoms with Crippen LogP contribution in [-0.2, 0) is 27.9 Å². The van der Waals surface area contributed by atoms with E-state index in [-0.39, 0.29) is 25.4 Å². The maximum atomic E-state index is 13.5. The van der Waals surface area contributed by atoms with E-state index in [1.54, 1.807) is 6.08 Å². The molecule has 0 heterocycles. The standard InChI is InChI=1S/C66H111N2O7P/c1-7-10-13-16-19-22-25-28-30-32-33-34-35-36-38-41-44-47-50-53-56-59-66(70)75-64(57-54-51-48-45-42-39-27-24-21-18-15-12-9-3)63(62-74-76(71,72)73-61-60-68(4,5)6)67-65(69)58-55-52-49-46-43-40-37-31-29-26-23-20-17-14-11-8-2/h10-11,13-14,19-20,22-23,28-31,33-34,36,38,40,43-44,47,54,57,63-64H,7-9,12,15-18,21,24-27,32,35,37,39,41-42,45-46,48-53,55-56,58-62H2,1-6H3,(H-,67,69,71,72)/b13-10-,14-11+,22-19-,23-20+,30-28-,31-29+,34-33-,38-36-,43-40+,47-44-,57-54+. The third kappa shape index (κ3) is 54.9. The van der Waals surface area contributed by atoms with E-state index in [1.807, 2.05) is 27.2 Å². The van der Waals surface area contributed by atoms with Crippen LogP contribution in [0.1, 0.15) is 220 Å². The predicted molar refractivity (Wildman–Crippen MR) is 325 cm³/mol. The quantitative estimate of drug-likeness (QED) is 0.0212. The molecule has 0 aliphatic heterocycles. The van der Waals surface area contributed by atoms with Gasteiger partial charge in [-0.3, -0.25) is 14.2 Å². The molecule has 0 aliphatic rings. The number of unbranched alkanes of at least 4 members (excludes halogenated alkanes) is 16. The minimum atomic E-state index is -4.73. The number of rotatable bonds is 52. The summed E-state index contributed by atoms with van der Waals surface area (Å²) in [6.07, 6.45) is 77.1. The van der Waals surface area contributed by atoms with Crippen molar-refractivity contribution in [1.29, 1.82) is 0 Å². The number of phosphoric ester groups is 1. The van der Waals surface area contributed by atoms with Crippen LogP contribution in [0.15, 0.2) is 134 Å². The van der Waals surface area contributed by atoms with Gasteiger partial charge in [-0.05, 0) is 122 Å². The number of nitrogens with one attached hydrogen (secondary N) is 1. The highest BCUT2D eigenvalue weighted by Crippen LogP contribution is 2.38. The average molecular weight is 1080 g/mol. The van der Waals surface area contributed by atoms with E-state index in [2.05, 4.69) is 148 Å². The molecule has 0 spiro atoms. The summed E-state index contributed by atoms with van der Waals surface area (Å²) in [4.78, 5) is 39.9. The van der Waals surface area contributed by atoms with Crippen LogP contribution in [0.25, 0.3) is 0 Å². The van der Waals surface area contributed by atoms with Gasteiger partial charge in [0.25, 0.3) is 7.82 Å². The molecule has 0 saturated carbocycles. The highest BCUT2D eigenvalue weighted by molar-refractivity contribution is 7.45. The van der Waals surface area contributed by atoms with Crippen molar-refractivity contribution in [2.75, 3.05) is 40.9 Å². The van der Waals surface area contributed by atoms with Gasteiger partial charge in [0, 0.05) is 12.8 Å². The number of nitrogens with zero attached hydrogens (tertiary/aromatic N) is 1. The molecule has 76 heavy (non-hydrogen) atoms. The second kappa shape index (κ2) is 54.5. The van der Waals surface area contributed by atoms with E-state index in [0.29, 0.717) is 23.9 Å². The van der Waals surface area contributed by atoms with E-state index < -0.39 is 32.5 Å². The lowest BCUT2D eigenvalue weighted by Gasteiger charge is -2.30. The minimum Gasteiger partial charge on any atom is -0.756 e. The summed E-state index contributed by atoms with van der Waals surface area (Å²) in [6, 6.07) is -0.933. The number of ether oxygens (including phenoxy) is 1. The lowest BCUT2D eigenvalue weighted by molar-refractivity contribution is -0.870. The van der Waals surface area contributed by atoms with Gasteiger partial charge in [0.1, 0.15) is 19.3 Å². The first-order valence-electron chi connectivity index (χ1n) is 30.0. The van der Waals surface area contributed by atoms with Gasteiger partial charge in [0.05, 0.1) is 33.8 Å². The number of phosphoric acid groups is 1. The number of quaternary nitrogens is 1. The Bertz CT molecular complexity index is 1760. The average Bonchev–Trinajstić information content (AvgIpc) is 3.38. The Morgan fingerprint density at radius 2 is 0.842 bits per heavy atom. The zero-order chi connectivity index (χ0) is 55.7. The van der Waals surface area contributed by atoms with Gasteiger partial charge in [-0.25, -0.2) is 0 Å². The molecule has 0 aromatic rings. The van der Waals surface area contributed by atoms with Gasteiger partial charge in [0.2, 0.25) is 5.91 Å². The van der Waals surface area contributed by atoms with E-state index in [4.69, 9.17) is 13.8 Å². The highest BCUT2D eigenvalue weighted by Gasteiger charge is 2.27. The van der Waals surface area contributed by atoms with Crippen LogP contribution in [0.3, 0.4) is 0 Å². The second-order valence-electron chi connectivity index (χ2n) is 20.7. The van der Waals surface area contributed by atoms with Crippen LogP contribution in [0.5, 0.6) is 0 Å². The summed E-state index contributed by atoms with van der Waals surface area (Å²) in [5, 5.41) is 2.99. The molecule has 0 aromatic heterocycles. The first kappa shape index (κ1) is 72.2. The summed E-state index contributed by atoms with van der Waals surface area (Å²) in [5.41, 5.74) is 0. The smallest absolute Gasteiger partial charge is 0.306 e. The van der Waals surface area contributed by atoms with E-state index >= 15 is 0 Å². The number of hydrogen-bond acceptors (Lipinski definition) is 7. The molecule has 3 unspecified atom stereocenters. The Balaban J connectivity index is 5.47. The first-order chi connectivity index (χ1) is 36.9. The second-order valence-corrected chi connectivity index (χ2v) is 22.1. The number of carbonyl (C=O) groups is 2. The van der Waals surface area contributed by atoms with Crippen molar-refractivity contribution >= 4 is 19.7 Å². The van der Waals surface area contributed by atoms with Crippen molar-refractivity contribution in [1.82, 2.24) is 5.32 Å². The number of hydrogen-bond donors (Lipinski definition) is 1. The molecule has 0 bridgehead atoms. The van der Waals surface area contributed by atoms with Gasteiger partial charge in [0.15, 0.2) is 0 Å². The van der Waals surface area contributed by atoms with Gasteiger partial charge in [-0.2, -0.15) is 0 Å². The molecule has 3 atom stereocenters. The fraction of sp³-hybridized carbons (Fsp3) is 0.636. The number of esters is 1. The number of amides is 1. The first-order valence-corrected chi connectivity index (χ1v) is 31.5. The fourth-order valence-electron chi connectivity index (χ4n) is 7.75. The molecule has 0 fully saturated rings. The summed E-state index contributed by atoms with van der Waals surface area (Å²) in [5.74, 6) is -0.640. The molecular formula is C66H111N2O7P. The van der Waals surface area contributed by atoms with Crippen molar-refractivity contribution in [2.24, 2.45) is 0 Å². The van der Waals surface area contributed by atoms with Crippen molar-refractivity contribution in [3.05, 3.63) is 134 Å². The van der Waals surface area contributed by atoms with Crippen LogP contribution in [0, 0.1) is 0 Å². The monoisotopic (exact) mass is 1070 g/mol. The third-order valence-electron chi connectivity index (χ3n) is 12.3. The summed E-state index contributed by atoms with van der Waals surface area (Å²) in [6.45, 7) is 6.53. The maximum absolute atomic E-state index is 13.5. The molecular weight excluding hydrogens is 964 g/mol. The Morgan fingerprint density at radius 3 is 1.28 bits per heavy atom. The fourth-order valence-corrected chi connectivity index (χ4v) is 8.47.